The van der Waals surface area contributed by atoms with E-state index in [1.165, 1.54) is 0 Å². The zero-order valence-electron chi connectivity index (χ0n) is 21.4. The number of rotatable bonds is 8. The predicted molar refractivity (Wildman–Crippen MR) is 144 cm³/mol. The van der Waals surface area contributed by atoms with Crippen molar-refractivity contribution >= 4 is 18.3 Å². The molecule has 0 N–H and O–H groups in total. The van der Waals surface area contributed by atoms with Crippen LogP contribution in [0.15, 0.2) is 91.0 Å². The summed E-state index contributed by atoms with van der Waals surface area (Å²) in [5.41, 5.74) is 2.03. The Bertz CT molecular complexity index is 1190. The highest BCUT2D eigenvalue weighted by molar-refractivity contribution is 5.95. The van der Waals surface area contributed by atoms with Gasteiger partial charge in [-0.1, -0.05) is 91.0 Å². The molecule has 0 spiro atoms. The fourth-order valence-electron chi connectivity index (χ4n) is 5.83. The lowest BCUT2D eigenvalue weighted by molar-refractivity contribution is -0.151. The van der Waals surface area contributed by atoms with Crippen molar-refractivity contribution in [1.29, 1.82) is 0 Å². The van der Waals surface area contributed by atoms with E-state index in [2.05, 4.69) is 4.90 Å². The van der Waals surface area contributed by atoms with Crippen molar-refractivity contribution in [3.63, 3.8) is 0 Å². The average molecular weight is 512 g/mol. The lowest BCUT2D eigenvalue weighted by atomic mass is 9.68. The smallest absolute Gasteiger partial charge is 0.294 e. The monoisotopic (exact) mass is 511 g/mol. The summed E-state index contributed by atoms with van der Waals surface area (Å²) in [6, 6.07) is 29.4. The van der Waals surface area contributed by atoms with E-state index in [1.54, 1.807) is 4.90 Å². The zero-order valence-corrected chi connectivity index (χ0v) is 21.4. The highest BCUT2D eigenvalue weighted by atomic mass is 16.5. The van der Waals surface area contributed by atoms with E-state index in [9.17, 15) is 14.4 Å². The number of amides is 2. The van der Waals surface area contributed by atoms with E-state index >= 15 is 0 Å². The van der Waals surface area contributed by atoms with Crippen LogP contribution in [0.2, 0.25) is 0 Å². The summed E-state index contributed by atoms with van der Waals surface area (Å²) in [4.78, 5) is 44.3. The van der Waals surface area contributed by atoms with E-state index in [-0.39, 0.29) is 18.4 Å². The minimum Gasteiger partial charge on any atom is -0.444 e. The Morgan fingerprint density at radius 2 is 1.37 bits per heavy atom. The molecule has 7 nitrogen and oxygen atoms in total. The van der Waals surface area contributed by atoms with Crippen molar-refractivity contribution in [1.82, 2.24) is 14.7 Å². The number of carbonyl (C=O) groups excluding carboxylic acids is 3. The summed E-state index contributed by atoms with van der Waals surface area (Å²) >= 11 is 0. The molecule has 0 saturated carbocycles. The van der Waals surface area contributed by atoms with Gasteiger partial charge in [-0.05, 0) is 24.0 Å². The van der Waals surface area contributed by atoms with Crippen LogP contribution in [0.4, 0.5) is 0 Å². The second-order valence-corrected chi connectivity index (χ2v) is 9.88. The quantitative estimate of drug-likeness (QED) is 0.432. The molecule has 2 amide bonds. The first-order valence-electron chi connectivity index (χ1n) is 13.2. The van der Waals surface area contributed by atoms with Crippen LogP contribution in [0.25, 0.3) is 0 Å². The van der Waals surface area contributed by atoms with Crippen LogP contribution in [-0.4, -0.2) is 72.3 Å². The number of benzene rings is 3. The number of hydrogen-bond donors (Lipinski definition) is 0. The molecule has 2 fully saturated rings. The SMILES string of the molecule is O=COC(c1ccccc1)N1CCN(C(=O)CN2CCCC(c3ccccc3)(c3ccccc3)C2=O)CC1. The molecule has 7 heteroatoms. The molecule has 3 aromatic carbocycles. The maximum Gasteiger partial charge on any atom is 0.294 e. The van der Waals surface area contributed by atoms with Gasteiger partial charge in [0.15, 0.2) is 6.23 Å². The van der Waals surface area contributed by atoms with Gasteiger partial charge in [0.25, 0.3) is 6.47 Å². The molecular weight excluding hydrogens is 478 g/mol. The maximum atomic E-state index is 14.1. The standard InChI is InChI=1S/C31H33N3O4/c35-24-38-29(25-11-4-1-5-12-25)33-21-19-32(20-22-33)28(36)23-34-18-10-17-31(30(34)37,26-13-6-2-7-14-26)27-15-8-3-9-16-27/h1-9,11-16,24,29H,10,17-23H2. The van der Waals surface area contributed by atoms with Crippen LogP contribution in [0.3, 0.4) is 0 Å². The molecule has 0 aliphatic carbocycles. The molecule has 1 unspecified atom stereocenters. The summed E-state index contributed by atoms with van der Waals surface area (Å²) in [5.74, 6) is -0.0702. The van der Waals surface area contributed by atoms with Crippen molar-refractivity contribution in [3.05, 3.63) is 108 Å². The summed E-state index contributed by atoms with van der Waals surface area (Å²) in [6.07, 6.45) is 1.05. The van der Waals surface area contributed by atoms with Crippen LogP contribution in [0.5, 0.6) is 0 Å². The molecule has 2 aliphatic rings. The van der Waals surface area contributed by atoms with E-state index < -0.39 is 11.6 Å². The molecule has 2 saturated heterocycles. The van der Waals surface area contributed by atoms with Crippen LogP contribution in [0, 0.1) is 0 Å². The van der Waals surface area contributed by atoms with Crippen molar-refractivity contribution in [3.8, 4) is 0 Å². The molecule has 1 atom stereocenters. The van der Waals surface area contributed by atoms with Crippen molar-refractivity contribution in [2.75, 3.05) is 39.3 Å². The lowest BCUT2D eigenvalue weighted by Crippen LogP contribution is -2.56. The van der Waals surface area contributed by atoms with Crippen LogP contribution in [-0.2, 0) is 24.5 Å². The molecule has 196 valence electrons. The maximum absolute atomic E-state index is 14.1. The molecular formula is C31H33N3O4. The van der Waals surface area contributed by atoms with Crippen molar-refractivity contribution in [2.24, 2.45) is 0 Å². The van der Waals surface area contributed by atoms with Crippen LogP contribution in [0.1, 0.15) is 35.8 Å². The minimum atomic E-state index is -0.797. The summed E-state index contributed by atoms with van der Waals surface area (Å²) in [5, 5.41) is 0. The second kappa shape index (κ2) is 11.6. The summed E-state index contributed by atoms with van der Waals surface area (Å²) in [7, 11) is 0. The number of hydrogen-bond acceptors (Lipinski definition) is 5. The van der Waals surface area contributed by atoms with Gasteiger partial charge in [-0.3, -0.25) is 19.3 Å². The minimum absolute atomic E-state index is 0.0170. The fraction of sp³-hybridized carbons (Fsp3) is 0.323. The van der Waals surface area contributed by atoms with Gasteiger partial charge in [0.1, 0.15) is 0 Å². The van der Waals surface area contributed by atoms with E-state index in [0.717, 1.165) is 23.1 Å². The molecule has 38 heavy (non-hydrogen) atoms. The summed E-state index contributed by atoms with van der Waals surface area (Å²) < 4.78 is 5.39. The lowest BCUT2D eigenvalue weighted by Gasteiger charge is -2.43. The Balaban J connectivity index is 1.28. The number of ether oxygens (including phenoxy) is 1. The largest absolute Gasteiger partial charge is 0.444 e. The van der Waals surface area contributed by atoms with Gasteiger partial charge in [0.2, 0.25) is 11.8 Å². The third-order valence-electron chi connectivity index (χ3n) is 7.76. The first-order chi connectivity index (χ1) is 18.6. The zero-order chi connectivity index (χ0) is 26.4. The van der Waals surface area contributed by atoms with Crippen molar-refractivity contribution < 1.29 is 19.1 Å². The first kappa shape index (κ1) is 25.7. The van der Waals surface area contributed by atoms with Crippen LogP contribution < -0.4 is 0 Å². The van der Waals surface area contributed by atoms with Gasteiger partial charge in [-0.2, -0.15) is 0 Å². The third-order valence-corrected chi connectivity index (χ3v) is 7.76. The van der Waals surface area contributed by atoms with Gasteiger partial charge in [0, 0.05) is 38.3 Å². The molecule has 2 aliphatic heterocycles. The molecule has 5 rings (SSSR count). The Kier molecular flexibility index (Phi) is 7.84. The highest BCUT2D eigenvalue weighted by Crippen LogP contribution is 2.41. The van der Waals surface area contributed by atoms with Gasteiger partial charge in [-0.15, -0.1) is 0 Å². The predicted octanol–water partition coefficient (Wildman–Crippen LogP) is 3.61. The number of nitrogens with zero attached hydrogens (tertiary/aromatic N) is 3. The molecule has 0 bridgehead atoms. The van der Waals surface area contributed by atoms with E-state index in [4.69, 9.17) is 4.74 Å². The molecule has 3 aromatic rings. The number of carbonyl (C=O) groups is 3. The Labute approximate surface area is 223 Å². The number of piperidine rings is 1. The van der Waals surface area contributed by atoms with Gasteiger partial charge in [0.05, 0.1) is 12.0 Å². The fourth-order valence-corrected chi connectivity index (χ4v) is 5.83. The first-order valence-corrected chi connectivity index (χ1v) is 13.2. The molecule has 0 aromatic heterocycles. The third kappa shape index (κ3) is 5.07. The van der Waals surface area contributed by atoms with Gasteiger partial charge >= 0.3 is 0 Å². The molecule has 2 heterocycles. The number of likely N-dealkylation sites (tertiary alicyclic amines) is 1. The van der Waals surface area contributed by atoms with Crippen molar-refractivity contribution in [2.45, 2.75) is 24.5 Å². The Morgan fingerprint density at radius 3 is 1.92 bits per heavy atom. The Hall–Kier alpha value is -3.97. The topological polar surface area (TPSA) is 70.2 Å². The van der Waals surface area contributed by atoms with Gasteiger partial charge < -0.3 is 14.5 Å². The summed E-state index contributed by atoms with van der Waals surface area (Å²) in [6.45, 7) is 3.27. The van der Waals surface area contributed by atoms with Gasteiger partial charge in [-0.25, -0.2) is 0 Å². The number of piperazine rings is 1. The normalized spacial score (nSPS) is 18.6. The molecule has 0 radical (unpaired) electrons. The highest BCUT2D eigenvalue weighted by Gasteiger charge is 2.47. The average Bonchev–Trinajstić information content (AvgIpc) is 2.98. The van der Waals surface area contributed by atoms with Crippen LogP contribution >= 0.6 is 0 Å². The van der Waals surface area contributed by atoms with E-state index in [0.29, 0.717) is 45.6 Å². The second-order valence-electron chi connectivity index (χ2n) is 9.88. The Morgan fingerprint density at radius 1 is 0.816 bits per heavy atom. The van der Waals surface area contributed by atoms with E-state index in [1.807, 2.05) is 95.9 Å².